The second-order valence-corrected chi connectivity index (χ2v) is 11.3. The summed E-state index contributed by atoms with van der Waals surface area (Å²) in [4.78, 5) is 23.5. The van der Waals surface area contributed by atoms with E-state index >= 15 is 0 Å². The van der Waals surface area contributed by atoms with Crippen LogP contribution in [0.15, 0.2) is 35.7 Å². The SMILES string of the molecule is Cc1ccc(NC(=O)CSc2nnc3c4sc5nc(C(C)C)c6c(c5c4ncn23)CCCC6)cc1. The van der Waals surface area contributed by atoms with Gasteiger partial charge in [0, 0.05) is 16.8 Å². The molecule has 9 heteroatoms. The number of carbonyl (C=O) groups is 1. The highest BCUT2D eigenvalue weighted by Crippen LogP contribution is 2.41. The number of carbonyl (C=O) groups excluding carboxylic acids is 1. The highest BCUT2D eigenvalue weighted by Gasteiger charge is 2.24. The minimum atomic E-state index is -0.0801. The monoisotopic (exact) mass is 502 g/mol. The number of aromatic nitrogens is 5. The molecule has 0 atom stereocenters. The maximum Gasteiger partial charge on any atom is 0.234 e. The standard InChI is InChI=1S/C26H26N6OS2/c1-14(2)21-18-7-5-4-6-17(18)20-22-23(35-25(20)29-21)24-30-31-26(32(24)13-27-22)34-12-19(33)28-16-10-8-15(3)9-11-16/h8-11,13-14H,4-7,12H2,1-3H3,(H,28,33). The van der Waals surface area contributed by atoms with Gasteiger partial charge in [-0.1, -0.05) is 43.3 Å². The van der Waals surface area contributed by atoms with E-state index in [9.17, 15) is 4.79 Å². The molecule has 4 aromatic heterocycles. The van der Waals surface area contributed by atoms with Crippen LogP contribution in [0.5, 0.6) is 0 Å². The van der Waals surface area contributed by atoms with Crippen LogP contribution in [-0.4, -0.2) is 36.2 Å². The Morgan fingerprint density at radius 1 is 1.14 bits per heavy atom. The van der Waals surface area contributed by atoms with E-state index in [1.54, 1.807) is 17.7 Å². The second kappa shape index (κ2) is 8.87. The van der Waals surface area contributed by atoms with Gasteiger partial charge in [-0.05, 0) is 61.8 Å². The Kier molecular flexibility index (Phi) is 5.69. The van der Waals surface area contributed by atoms with Crippen LogP contribution < -0.4 is 5.32 Å². The normalized spacial score (nSPS) is 13.7. The predicted octanol–water partition coefficient (Wildman–Crippen LogP) is 5.93. The molecule has 0 radical (unpaired) electrons. The van der Waals surface area contributed by atoms with Crippen molar-refractivity contribution in [1.82, 2.24) is 24.6 Å². The van der Waals surface area contributed by atoms with Crippen molar-refractivity contribution >= 4 is 60.8 Å². The number of hydrogen-bond acceptors (Lipinski definition) is 7. The van der Waals surface area contributed by atoms with Crippen LogP contribution in [0.1, 0.15) is 55.0 Å². The van der Waals surface area contributed by atoms with Crippen LogP contribution in [0.25, 0.3) is 26.1 Å². The average Bonchev–Trinajstić information content (AvgIpc) is 3.44. The van der Waals surface area contributed by atoms with E-state index in [0.29, 0.717) is 11.1 Å². The molecule has 0 spiro atoms. The molecule has 6 rings (SSSR count). The minimum absolute atomic E-state index is 0.0801. The molecule has 0 fully saturated rings. The number of nitrogens with zero attached hydrogens (tertiary/aromatic N) is 5. The molecule has 1 aliphatic rings. The number of benzene rings is 1. The minimum Gasteiger partial charge on any atom is -0.325 e. The molecular weight excluding hydrogens is 476 g/mol. The Hall–Kier alpha value is -3.04. The van der Waals surface area contributed by atoms with Crippen LogP contribution in [0.4, 0.5) is 5.69 Å². The van der Waals surface area contributed by atoms with E-state index in [4.69, 9.17) is 9.97 Å². The number of aryl methyl sites for hydroxylation is 2. The van der Waals surface area contributed by atoms with E-state index in [-0.39, 0.29) is 11.7 Å². The van der Waals surface area contributed by atoms with Gasteiger partial charge in [0.05, 0.1) is 11.3 Å². The molecule has 1 aliphatic carbocycles. The largest absolute Gasteiger partial charge is 0.325 e. The highest BCUT2D eigenvalue weighted by molar-refractivity contribution is 7.99. The van der Waals surface area contributed by atoms with E-state index in [2.05, 4.69) is 29.4 Å². The molecule has 7 nitrogen and oxygen atoms in total. The van der Waals surface area contributed by atoms with Crippen molar-refractivity contribution in [3.63, 3.8) is 0 Å². The predicted molar refractivity (Wildman–Crippen MR) is 143 cm³/mol. The molecule has 4 heterocycles. The zero-order valence-corrected chi connectivity index (χ0v) is 21.6. The Balaban J connectivity index is 1.34. The number of thioether (sulfide) groups is 1. The summed E-state index contributed by atoms with van der Waals surface area (Å²) < 4.78 is 2.89. The van der Waals surface area contributed by atoms with E-state index in [1.165, 1.54) is 46.8 Å². The first-order valence-corrected chi connectivity index (χ1v) is 13.8. The number of anilines is 1. The summed E-state index contributed by atoms with van der Waals surface area (Å²) in [6.45, 7) is 6.47. The van der Waals surface area contributed by atoms with Gasteiger partial charge in [-0.2, -0.15) is 0 Å². The van der Waals surface area contributed by atoms with E-state index in [0.717, 1.165) is 44.8 Å². The number of fused-ring (bicyclic) bond motifs is 7. The quantitative estimate of drug-likeness (QED) is 0.300. The fraction of sp³-hybridized carbons (Fsp3) is 0.346. The Labute approximate surface area is 211 Å². The van der Waals surface area contributed by atoms with Gasteiger partial charge in [0.15, 0.2) is 10.8 Å². The number of rotatable bonds is 5. The van der Waals surface area contributed by atoms with Gasteiger partial charge in [-0.25, -0.2) is 9.97 Å². The topological polar surface area (TPSA) is 85.1 Å². The number of thiophene rings is 1. The average molecular weight is 503 g/mol. The highest BCUT2D eigenvalue weighted by atomic mass is 32.2. The van der Waals surface area contributed by atoms with Crippen LogP contribution in [0.2, 0.25) is 0 Å². The number of amides is 1. The Morgan fingerprint density at radius 3 is 2.69 bits per heavy atom. The summed E-state index contributed by atoms with van der Waals surface area (Å²) in [5.41, 5.74) is 7.77. The van der Waals surface area contributed by atoms with Crippen molar-refractivity contribution in [3.8, 4) is 0 Å². The molecule has 5 aromatic rings. The lowest BCUT2D eigenvalue weighted by atomic mass is 9.86. The number of pyridine rings is 1. The first-order valence-electron chi connectivity index (χ1n) is 12.0. The fourth-order valence-electron chi connectivity index (χ4n) is 4.87. The molecule has 1 N–H and O–H groups in total. The van der Waals surface area contributed by atoms with Crippen LogP contribution in [-0.2, 0) is 17.6 Å². The third-order valence-corrected chi connectivity index (χ3v) is 8.56. The van der Waals surface area contributed by atoms with E-state index in [1.807, 2.05) is 35.6 Å². The zero-order chi connectivity index (χ0) is 24.1. The molecule has 0 unspecified atom stereocenters. The maximum absolute atomic E-state index is 12.5. The van der Waals surface area contributed by atoms with Crippen molar-refractivity contribution < 1.29 is 4.79 Å². The first kappa shape index (κ1) is 22.4. The maximum atomic E-state index is 12.5. The molecule has 0 saturated carbocycles. The van der Waals surface area contributed by atoms with Gasteiger partial charge in [0.25, 0.3) is 0 Å². The smallest absolute Gasteiger partial charge is 0.234 e. The summed E-state index contributed by atoms with van der Waals surface area (Å²) in [5, 5.41) is 13.7. The van der Waals surface area contributed by atoms with E-state index < -0.39 is 0 Å². The van der Waals surface area contributed by atoms with Crippen LogP contribution in [0, 0.1) is 6.92 Å². The second-order valence-electron chi connectivity index (χ2n) is 9.40. The van der Waals surface area contributed by atoms with Gasteiger partial charge in [-0.15, -0.1) is 21.5 Å². The van der Waals surface area contributed by atoms with Gasteiger partial charge >= 0.3 is 0 Å². The van der Waals surface area contributed by atoms with Crippen molar-refractivity contribution in [3.05, 3.63) is 53.0 Å². The van der Waals surface area contributed by atoms with Gasteiger partial charge in [-0.3, -0.25) is 9.20 Å². The summed E-state index contributed by atoms with van der Waals surface area (Å²) in [7, 11) is 0. The lowest BCUT2D eigenvalue weighted by Crippen LogP contribution is -2.14. The van der Waals surface area contributed by atoms with Crippen molar-refractivity contribution in [1.29, 1.82) is 0 Å². The molecule has 35 heavy (non-hydrogen) atoms. The molecule has 0 saturated heterocycles. The number of nitrogens with one attached hydrogen (secondary N) is 1. The molecule has 1 aromatic carbocycles. The molecule has 0 bridgehead atoms. The van der Waals surface area contributed by atoms with Crippen LogP contribution in [0.3, 0.4) is 0 Å². The van der Waals surface area contributed by atoms with Gasteiger partial charge in [0.1, 0.15) is 15.9 Å². The lowest BCUT2D eigenvalue weighted by Gasteiger charge is -2.21. The van der Waals surface area contributed by atoms with Crippen molar-refractivity contribution in [2.24, 2.45) is 0 Å². The summed E-state index contributed by atoms with van der Waals surface area (Å²) in [5.74, 6) is 0.557. The summed E-state index contributed by atoms with van der Waals surface area (Å²) >= 11 is 3.01. The first-order chi connectivity index (χ1) is 17.0. The fourth-order valence-corrected chi connectivity index (χ4v) is 6.71. The van der Waals surface area contributed by atoms with Crippen molar-refractivity contribution in [2.75, 3.05) is 11.1 Å². The van der Waals surface area contributed by atoms with Crippen molar-refractivity contribution in [2.45, 2.75) is 57.5 Å². The Bertz CT molecular complexity index is 1590. The molecule has 0 aliphatic heterocycles. The van der Waals surface area contributed by atoms with Gasteiger partial charge in [0.2, 0.25) is 5.91 Å². The molecule has 178 valence electrons. The molecular formula is C26H26N6OS2. The third-order valence-electron chi connectivity index (χ3n) is 6.55. The van der Waals surface area contributed by atoms with Gasteiger partial charge < -0.3 is 5.32 Å². The molecule has 1 amide bonds. The Morgan fingerprint density at radius 2 is 1.91 bits per heavy atom. The third kappa shape index (κ3) is 3.96. The number of hydrogen-bond donors (Lipinski definition) is 1. The zero-order valence-electron chi connectivity index (χ0n) is 20.0. The van der Waals surface area contributed by atoms with Crippen LogP contribution >= 0.6 is 23.1 Å². The summed E-state index contributed by atoms with van der Waals surface area (Å²) in [6, 6.07) is 7.77. The lowest BCUT2D eigenvalue weighted by molar-refractivity contribution is -0.113. The summed E-state index contributed by atoms with van der Waals surface area (Å²) in [6.07, 6.45) is 6.40.